The van der Waals surface area contributed by atoms with Gasteiger partial charge < -0.3 is 9.73 Å². The van der Waals surface area contributed by atoms with Gasteiger partial charge in [-0.15, -0.1) is 0 Å². The number of amides is 2. The summed E-state index contributed by atoms with van der Waals surface area (Å²) in [6.45, 7) is 1.78. The van der Waals surface area contributed by atoms with E-state index in [0.717, 1.165) is 5.56 Å². The highest BCUT2D eigenvalue weighted by Crippen LogP contribution is 2.17. The van der Waals surface area contributed by atoms with E-state index >= 15 is 0 Å². The number of nitrogens with one attached hydrogen (secondary N) is 2. The average molecular weight is 484 g/mol. The van der Waals surface area contributed by atoms with Crippen LogP contribution >= 0.6 is 0 Å². The molecule has 35 heavy (non-hydrogen) atoms. The number of nitrogens with zero attached hydrogens (tertiary/aromatic N) is 1. The lowest BCUT2D eigenvalue weighted by atomic mass is 10.1. The van der Waals surface area contributed by atoms with Gasteiger partial charge in [0.2, 0.25) is 0 Å². The maximum atomic E-state index is 12.9. The predicted molar refractivity (Wildman–Crippen MR) is 135 cm³/mol. The summed E-state index contributed by atoms with van der Waals surface area (Å²) in [7, 11) is -3.03. The number of rotatable bonds is 5. The van der Waals surface area contributed by atoms with Gasteiger partial charge in [-0.05, 0) is 49.2 Å². The highest BCUT2D eigenvalue weighted by molar-refractivity contribution is 7.99. The van der Waals surface area contributed by atoms with Gasteiger partial charge in [-0.1, -0.05) is 42.2 Å². The van der Waals surface area contributed by atoms with Crippen molar-refractivity contribution >= 4 is 33.1 Å². The first-order valence-corrected chi connectivity index (χ1v) is 12.2. The smallest absolute Gasteiger partial charge is 0.291 e. The van der Waals surface area contributed by atoms with Gasteiger partial charge in [0.25, 0.3) is 11.8 Å². The number of carbonyl (C=O) groups excluding carboxylic acids is 2. The van der Waals surface area contributed by atoms with Crippen LogP contribution in [0.15, 0.2) is 94.7 Å². The van der Waals surface area contributed by atoms with Gasteiger partial charge in [-0.3, -0.25) is 19.3 Å². The summed E-state index contributed by atoms with van der Waals surface area (Å²) >= 11 is 0. The first-order chi connectivity index (χ1) is 16.8. The standard InChI is InChI=1S/C27H21N3O4S/c1-19-14-15-34-25(19)27(32)29-24-11-7-6-8-21(24)13-12-20-16-22(18-28-17-20)26(31)30-35(2,33)23-9-4-3-5-10-23/h3-11,14-18H,2H2,1H3,(H,29,32)(H,30,31,33). The summed E-state index contributed by atoms with van der Waals surface area (Å²) in [6, 6.07) is 18.8. The zero-order chi connectivity index (χ0) is 24.8. The maximum Gasteiger partial charge on any atom is 0.291 e. The number of carbonyl (C=O) groups is 2. The van der Waals surface area contributed by atoms with Gasteiger partial charge in [0.05, 0.1) is 27.2 Å². The van der Waals surface area contributed by atoms with Gasteiger partial charge >= 0.3 is 0 Å². The zero-order valence-electron chi connectivity index (χ0n) is 18.8. The fourth-order valence-corrected chi connectivity index (χ4v) is 4.30. The Labute approximate surface area is 203 Å². The molecule has 0 spiro atoms. The van der Waals surface area contributed by atoms with Gasteiger partial charge in [0.15, 0.2) is 5.76 Å². The average Bonchev–Trinajstić information content (AvgIpc) is 3.30. The van der Waals surface area contributed by atoms with E-state index in [0.29, 0.717) is 21.7 Å². The molecule has 0 radical (unpaired) electrons. The van der Waals surface area contributed by atoms with Crippen molar-refractivity contribution in [1.82, 2.24) is 9.71 Å². The number of furan rings is 1. The fraction of sp³-hybridized carbons (Fsp3) is 0.0370. The number of para-hydroxylation sites is 1. The number of hydrogen-bond donors (Lipinski definition) is 2. The van der Waals surface area contributed by atoms with Crippen molar-refractivity contribution in [2.75, 3.05) is 5.32 Å². The van der Waals surface area contributed by atoms with Crippen LogP contribution < -0.4 is 10.0 Å². The van der Waals surface area contributed by atoms with Crippen LogP contribution in [0.2, 0.25) is 0 Å². The first-order valence-electron chi connectivity index (χ1n) is 10.5. The summed E-state index contributed by atoms with van der Waals surface area (Å²) in [5, 5.41) is 2.81. The van der Waals surface area contributed by atoms with Crippen LogP contribution in [0, 0.1) is 18.8 Å². The van der Waals surface area contributed by atoms with Crippen LogP contribution in [0.25, 0.3) is 0 Å². The molecule has 0 aliphatic carbocycles. The maximum absolute atomic E-state index is 12.9. The highest BCUT2D eigenvalue weighted by atomic mass is 32.2. The van der Waals surface area contributed by atoms with E-state index < -0.39 is 15.6 Å². The molecule has 2 aromatic carbocycles. The summed E-state index contributed by atoms with van der Waals surface area (Å²) in [5.41, 5.74) is 2.48. The van der Waals surface area contributed by atoms with E-state index in [1.807, 2.05) is 0 Å². The van der Waals surface area contributed by atoms with Gasteiger partial charge in [0, 0.05) is 34.0 Å². The Bertz CT molecular complexity index is 1560. The molecule has 0 bridgehead atoms. The Morgan fingerprint density at radius 3 is 2.46 bits per heavy atom. The van der Waals surface area contributed by atoms with Crippen molar-refractivity contribution < 1.29 is 18.2 Å². The number of aromatic nitrogens is 1. The number of aryl methyl sites for hydroxylation is 1. The summed E-state index contributed by atoms with van der Waals surface area (Å²) in [5.74, 6) is 8.90. The van der Waals surface area contributed by atoms with Crippen LogP contribution in [0.1, 0.15) is 37.6 Å². The lowest BCUT2D eigenvalue weighted by Crippen LogP contribution is -2.30. The molecule has 0 aliphatic heterocycles. The minimum Gasteiger partial charge on any atom is -0.459 e. The number of pyridine rings is 1. The molecular weight excluding hydrogens is 462 g/mol. The molecule has 7 nitrogen and oxygen atoms in total. The van der Waals surface area contributed by atoms with Gasteiger partial charge in [-0.2, -0.15) is 0 Å². The third-order valence-electron chi connectivity index (χ3n) is 4.97. The SMILES string of the molecule is C=S(=O)(NC(=O)c1cncc(C#Cc2ccccc2NC(=O)c2occc2C)c1)c1ccccc1. The van der Waals surface area contributed by atoms with Crippen LogP contribution in [0.5, 0.6) is 0 Å². The van der Waals surface area contributed by atoms with Crippen molar-refractivity contribution in [2.24, 2.45) is 0 Å². The lowest BCUT2D eigenvalue weighted by molar-refractivity contribution is 0.0978. The Hall–Kier alpha value is -4.61. The molecule has 0 fully saturated rings. The second-order valence-corrected chi connectivity index (χ2v) is 9.59. The van der Waals surface area contributed by atoms with E-state index in [-0.39, 0.29) is 17.2 Å². The van der Waals surface area contributed by atoms with Crippen molar-refractivity contribution in [3.05, 3.63) is 113 Å². The Morgan fingerprint density at radius 1 is 0.971 bits per heavy atom. The minimum absolute atomic E-state index is 0.194. The predicted octanol–water partition coefficient (Wildman–Crippen LogP) is 4.06. The Balaban J connectivity index is 1.53. The molecule has 1 unspecified atom stereocenters. The van der Waals surface area contributed by atoms with E-state index in [4.69, 9.17) is 4.42 Å². The minimum atomic E-state index is -3.03. The molecule has 2 aromatic heterocycles. The van der Waals surface area contributed by atoms with E-state index in [1.165, 1.54) is 18.7 Å². The zero-order valence-corrected chi connectivity index (χ0v) is 19.6. The molecule has 174 valence electrons. The van der Waals surface area contributed by atoms with Crippen molar-refractivity contribution in [3.8, 4) is 11.8 Å². The molecule has 0 aliphatic rings. The summed E-state index contributed by atoms with van der Waals surface area (Å²) in [6.07, 6.45) is 4.33. The normalized spacial score (nSPS) is 12.0. The summed E-state index contributed by atoms with van der Waals surface area (Å²) < 4.78 is 20.6. The number of anilines is 1. The molecule has 8 heteroatoms. The Morgan fingerprint density at radius 2 is 1.71 bits per heavy atom. The van der Waals surface area contributed by atoms with Crippen LogP contribution in [-0.4, -0.2) is 26.9 Å². The molecule has 2 amide bonds. The summed E-state index contributed by atoms with van der Waals surface area (Å²) in [4.78, 5) is 29.7. The Kier molecular flexibility index (Phi) is 6.81. The molecule has 1 atom stereocenters. The topological polar surface area (TPSA) is 101 Å². The molecule has 2 N–H and O–H groups in total. The molecule has 4 aromatic rings. The lowest BCUT2D eigenvalue weighted by Gasteiger charge is -2.11. The van der Waals surface area contributed by atoms with Crippen LogP contribution in [0.4, 0.5) is 5.69 Å². The molecule has 0 saturated carbocycles. The molecule has 0 saturated heterocycles. The fourth-order valence-electron chi connectivity index (χ4n) is 3.17. The van der Waals surface area contributed by atoms with Crippen molar-refractivity contribution in [3.63, 3.8) is 0 Å². The van der Waals surface area contributed by atoms with Gasteiger partial charge in [-0.25, -0.2) is 4.21 Å². The van der Waals surface area contributed by atoms with E-state index in [2.05, 4.69) is 32.7 Å². The van der Waals surface area contributed by atoms with Crippen molar-refractivity contribution in [1.29, 1.82) is 0 Å². The third-order valence-corrected chi connectivity index (χ3v) is 6.52. The second kappa shape index (κ2) is 10.1. The molecule has 2 heterocycles. The third kappa shape index (κ3) is 5.66. The van der Waals surface area contributed by atoms with Gasteiger partial charge in [0.1, 0.15) is 0 Å². The van der Waals surface area contributed by atoms with Crippen LogP contribution in [-0.2, 0) is 9.71 Å². The highest BCUT2D eigenvalue weighted by Gasteiger charge is 2.15. The number of hydrogen-bond acceptors (Lipinski definition) is 5. The number of benzene rings is 2. The second-order valence-electron chi connectivity index (χ2n) is 7.56. The monoisotopic (exact) mass is 483 g/mol. The largest absolute Gasteiger partial charge is 0.459 e. The van der Waals surface area contributed by atoms with E-state index in [9.17, 15) is 13.8 Å². The quantitative estimate of drug-likeness (QED) is 0.329. The van der Waals surface area contributed by atoms with E-state index in [1.54, 1.807) is 73.7 Å². The van der Waals surface area contributed by atoms with Crippen molar-refractivity contribution in [2.45, 2.75) is 11.8 Å². The van der Waals surface area contributed by atoms with Crippen LogP contribution in [0.3, 0.4) is 0 Å². The molecule has 4 rings (SSSR count). The first kappa shape index (κ1) is 23.5. The molecular formula is C27H21N3O4S.